The van der Waals surface area contributed by atoms with Gasteiger partial charge in [0.1, 0.15) is 0 Å². The summed E-state index contributed by atoms with van der Waals surface area (Å²) in [6.07, 6.45) is 3.52. The largest absolute Gasteiger partial charge is 0.325 e. The number of nitrogens with zero attached hydrogens (tertiary/aromatic N) is 4. The first-order chi connectivity index (χ1) is 15.3. The van der Waals surface area contributed by atoms with Gasteiger partial charge in [0.25, 0.3) is 0 Å². The van der Waals surface area contributed by atoms with Gasteiger partial charge >= 0.3 is 0 Å². The summed E-state index contributed by atoms with van der Waals surface area (Å²) < 4.78 is 3.31. The van der Waals surface area contributed by atoms with E-state index in [9.17, 15) is 9.59 Å². The number of aromatic nitrogens is 3. The lowest BCUT2D eigenvalue weighted by atomic mass is 9.83. The third-order valence-electron chi connectivity index (χ3n) is 6.51. The average Bonchev–Trinajstić information content (AvgIpc) is 3.28. The standard InChI is InChI=1S/C25H25N5O2/c1-25(2)23(26)22(16-7-5-4-6-8-16)29(24(25)32)18-9-11-20-17(13-18)14-27-30(20)19-10-12-21(31)28(3)15-19/h4-15,22-23H,26H2,1-3H3/t22?,23-/m1/s1. The molecule has 0 aliphatic carbocycles. The summed E-state index contributed by atoms with van der Waals surface area (Å²) in [4.78, 5) is 27.0. The molecule has 0 saturated carbocycles. The molecule has 2 aromatic heterocycles. The van der Waals surface area contributed by atoms with Crippen LogP contribution in [-0.4, -0.2) is 26.3 Å². The van der Waals surface area contributed by atoms with E-state index in [-0.39, 0.29) is 23.6 Å². The van der Waals surface area contributed by atoms with Crippen LogP contribution in [0.4, 0.5) is 5.69 Å². The van der Waals surface area contributed by atoms with Crippen molar-refractivity contribution in [1.82, 2.24) is 14.3 Å². The van der Waals surface area contributed by atoms with Gasteiger partial charge in [-0.25, -0.2) is 4.68 Å². The van der Waals surface area contributed by atoms with Gasteiger partial charge in [-0.05, 0) is 43.7 Å². The molecule has 1 amide bonds. The van der Waals surface area contributed by atoms with Crippen LogP contribution in [0.5, 0.6) is 0 Å². The zero-order valence-electron chi connectivity index (χ0n) is 18.3. The second-order valence-electron chi connectivity index (χ2n) is 8.91. The van der Waals surface area contributed by atoms with Crippen molar-refractivity contribution in [2.45, 2.75) is 25.9 Å². The first kappa shape index (κ1) is 20.2. The van der Waals surface area contributed by atoms with E-state index in [0.29, 0.717) is 0 Å². The monoisotopic (exact) mass is 427 g/mol. The predicted octanol–water partition coefficient (Wildman–Crippen LogP) is 3.17. The van der Waals surface area contributed by atoms with Crippen LogP contribution in [0.2, 0.25) is 0 Å². The molecule has 0 bridgehead atoms. The lowest BCUT2D eigenvalue weighted by molar-refractivity contribution is -0.124. The molecule has 5 rings (SSSR count). The number of pyridine rings is 1. The van der Waals surface area contributed by atoms with E-state index in [4.69, 9.17) is 5.73 Å². The van der Waals surface area contributed by atoms with Gasteiger partial charge < -0.3 is 15.2 Å². The molecule has 1 aliphatic rings. The van der Waals surface area contributed by atoms with E-state index in [1.807, 2.05) is 67.3 Å². The minimum absolute atomic E-state index is 0.00338. The summed E-state index contributed by atoms with van der Waals surface area (Å²) >= 11 is 0. The minimum Gasteiger partial charge on any atom is -0.325 e. The number of anilines is 1. The van der Waals surface area contributed by atoms with E-state index in [1.54, 1.807) is 30.2 Å². The smallest absolute Gasteiger partial charge is 0.250 e. The number of carbonyl (C=O) groups is 1. The molecule has 32 heavy (non-hydrogen) atoms. The first-order valence-corrected chi connectivity index (χ1v) is 10.6. The molecule has 7 heteroatoms. The number of rotatable bonds is 3. The van der Waals surface area contributed by atoms with Crippen LogP contribution in [0.15, 0.2) is 77.9 Å². The Morgan fingerprint density at radius 1 is 0.969 bits per heavy atom. The van der Waals surface area contributed by atoms with Gasteiger partial charge in [-0.1, -0.05) is 30.3 Å². The topological polar surface area (TPSA) is 86.2 Å². The minimum atomic E-state index is -0.686. The predicted molar refractivity (Wildman–Crippen MR) is 125 cm³/mol. The molecule has 162 valence electrons. The number of hydrogen-bond acceptors (Lipinski definition) is 4. The summed E-state index contributed by atoms with van der Waals surface area (Å²) in [7, 11) is 1.71. The number of benzene rings is 2. The zero-order valence-corrected chi connectivity index (χ0v) is 18.3. The van der Waals surface area contributed by atoms with Gasteiger partial charge in [-0.2, -0.15) is 5.10 Å². The van der Waals surface area contributed by atoms with Crippen LogP contribution >= 0.6 is 0 Å². The summed E-state index contributed by atoms with van der Waals surface area (Å²) in [6, 6.07) is 18.5. The van der Waals surface area contributed by atoms with Crippen LogP contribution in [0, 0.1) is 5.41 Å². The number of aryl methyl sites for hydroxylation is 1. The highest BCUT2D eigenvalue weighted by Crippen LogP contribution is 2.45. The molecule has 7 nitrogen and oxygen atoms in total. The summed E-state index contributed by atoms with van der Waals surface area (Å²) in [5, 5.41) is 5.41. The van der Waals surface area contributed by atoms with Crippen LogP contribution in [0.1, 0.15) is 25.5 Å². The number of nitrogens with two attached hydrogens (primary N) is 1. The third-order valence-corrected chi connectivity index (χ3v) is 6.51. The Morgan fingerprint density at radius 3 is 2.41 bits per heavy atom. The van der Waals surface area contributed by atoms with Gasteiger partial charge in [-0.15, -0.1) is 0 Å². The molecule has 2 N–H and O–H groups in total. The number of amides is 1. The Kier molecular flexibility index (Phi) is 4.53. The second kappa shape index (κ2) is 7.17. The molecule has 1 saturated heterocycles. The molecule has 4 aromatic rings. The zero-order chi connectivity index (χ0) is 22.6. The summed E-state index contributed by atoms with van der Waals surface area (Å²) in [6.45, 7) is 3.82. The average molecular weight is 428 g/mol. The molecule has 2 aromatic carbocycles. The van der Waals surface area contributed by atoms with E-state index in [2.05, 4.69) is 5.10 Å². The highest BCUT2D eigenvalue weighted by Gasteiger charge is 2.53. The highest BCUT2D eigenvalue weighted by molar-refractivity contribution is 6.03. The molecule has 1 aliphatic heterocycles. The Bertz CT molecular complexity index is 1390. The Morgan fingerprint density at radius 2 is 1.69 bits per heavy atom. The summed E-state index contributed by atoms with van der Waals surface area (Å²) in [5.41, 5.74) is 9.34. The third kappa shape index (κ3) is 2.97. The van der Waals surface area contributed by atoms with Crippen molar-refractivity contribution in [3.05, 3.63) is 89.0 Å². The van der Waals surface area contributed by atoms with Gasteiger partial charge in [-0.3, -0.25) is 9.59 Å². The van der Waals surface area contributed by atoms with Crippen molar-refractivity contribution in [3.63, 3.8) is 0 Å². The maximum absolute atomic E-state index is 13.4. The molecular formula is C25H25N5O2. The van der Waals surface area contributed by atoms with Gasteiger partial charge in [0.15, 0.2) is 0 Å². The number of hydrogen-bond donors (Lipinski definition) is 1. The van der Waals surface area contributed by atoms with Crippen molar-refractivity contribution in [1.29, 1.82) is 0 Å². The van der Waals surface area contributed by atoms with Crippen LogP contribution in [-0.2, 0) is 11.8 Å². The lowest BCUT2D eigenvalue weighted by Crippen LogP contribution is -2.38. The number of fused-ring (bicyclic) bond motifs is 1. The number of carbonyl (C=O) groups excluding carboxylic acids is 1. The molecule has 3 heterocycles. The molecule has 1 unspecified atom stereocenters. The molecular weight excluding hydrogens is 402 g/mol. The van der Waals surface area contributed by atoms with Crippen LogP contribution in [0.25, 0.3) is 16.6 Å². The van der Waals surface area contributed by atoms with Crippen LogP contribution < -0.4 is 16.2 Å². The molecule has 0 spiro atoms. The Hall–Kier alpha value is -3.71. The maximum atomic E-state index is 13.4. The van der Waals surface area contributed by atoms with E-state index < -0.39 is 5.41 Å². The molecule has 0 radical (unpaired) electrons. The van der Waals surface area contributed by atoms with Gasteiger partial charge in [0.05, 0.1) is 28.9 Å². The highest BCUT2D eigenvalue weighted by atomic mass is 16.2. The van der Waals surface area contributed by atoms with Crippen molar-refractivity contribution in [2.75, 3.05) is 4.90 Å². The van der Waals surface area contributed by atoms with Gasteiger partial charge in [0.2, 0.25) is 11.5 Å². The van der Waals surface area contributed by atoms with Crippen LogP contribution in [0.3, 0.4) is 0 Å². The fraction of sp³-hybridized carbons (Fsp3) is 0.240. The fourth-order valence-electron chi connectivity index (χ4n) is 4.50. The van der Waals surface area contributed by atoms with Crippen molar-refractivity contribution in [2.24, 2.45) is 18.2 Å². The Labute approximate surface area is 185 Å². The van der Waals surface area contributed by atoms with E-state index in [0.717, 1.165) is 27.8 Å². The van der Waals surface area contributed by atoms with E-state index in [1.165, 1.54) is 10.6 Å². The fourth-order valence-corrected chi connectivity index (χ4v) is 4.50. The first-order valence-electron chi connectivity index (χ1n) is 10.6. The SMILES string of the molecule is Cn1cc(-n2ncc3cc(N4C(=O)C(C)(C)[C@H](N)C4c4ccccc4)ccc32)ccc1=O. The summed E-state index contributed by atoms with van der Waals surface area (Å²) in [5.74, 6) is 0.00338. The van der Waals surface area contributed by atoms with Crippen molar-refractivity contribution >= 4 is 22.5 Å². The normalized spacial score (nSPS) is 20.2. The van der Waals surface area contributed by atoms with Crippen molar-refractivity contribution in [3.8, 4) is 5.69 Å². The quantitative estimate of drug-likeness (QED) is 0.544. The Balaban J connectivity index is 1.61. The van der Waals surface area contributed by atoms with Gasteiger partial charge in [0, 0.05) is 36.4 Å². The molecule has 1 fully saturated rings. The lowest BCUT2D eigenvalue weighted by Gasteiger charge is -2.27. The second-order valence-corrected chi connectivity index (χ2v) is 8.91. The molecule has 2 atom stereocenters. The van der Waals surface area contributed by atoms with Crippen molar-refractivity contribution < 1.29 is 4.79 Å². The maximum Gasteiger partial charge on any atom is 0.250 e. The van der Waals surface area contributed by atoms with E-state index >= 15 is 0 Å².